The van der Waals surface area contributed by atoms with Crippen LogP contribution in [0.5, 0.6) is 0 Å². The van der Waals surface area contributed by atoms with Crippen LogP contribution in [0.15, 0.2) is 36.4 Å². The molecule has 0 aromatic heterocycles. The third-order valence-electron chi connectivity index (χ3n) is 3.11. The molecule has 5 heteroatoms. The van der Waals surface area contributed by atoms with E-state index in [9.17, 15) is 13.6 Å². The molecule has 0 aliphatic rings. The van der Waals surface area contributed by atoms with E-state index in [1.807, 2.05) is 25.1 Å². The van der Waals surface area contributed by atoms with Gasteiger partial charge >= 0.3 is 0 Å². The lowest BCUT2D eigenvalue weighted by Gasteiger charge is -2.11. The Kier molecular flexibility index (Phi) is 4.52. The Hall–Kier alpha value is -2.43. The van der Waals surface area contributed by atoms with E-state index >= 15 is 0 Å². The van der Waals surface area contributed by atoms with Crippen LogP contribution in [-0.4, -0.2) is 12.5 Å². The fourth-order valence-corrected chi connectivity index (χ4v) is 1.86. The number of amides is 1. The lowest BCUT2D eigenvalue weighted by atomic mass is 10.2. The molecule has 0 saturated heterocycles. The van der Waals surface area contributed by atoms with Crippen molar-refractivity contribution < 1.29 is 13.6 Å². The first-order valence-corrected chi connectivity index (χ1v) is 6.52. The Morgan fingerprint density at radius 2 is 1.71 bits per heavy atom. The first-order chi connectivity index (χ1) is 9.97. The largest absolute Gasteiger partial charge is 0.374 e. The standard InChI is InChI=1S/C16H16F2N2O/c1-10-5-3-4-6-14(10)20-16(21)9-19-15-8-12(17)11(2)7-13(15)18/h3-8,19H,9H2,1-2H3,(H,20,21). The number of hydrogen-bond acceptors (Lipinski definition) is 2. The monoisotopic (exact) mass is 290 g/mol. The average molecular weight is 290 g/mol. The van der Waals surface area contributed by atoms with Crippen LogP contribution in [-0.2, 0) is 4.79 Å². The van der Waals surface area contributed by atoms with Gasteiger partial charge in [-0.15, -0.1) is 0 Å². The molecule has 0 heterocycles. The summed E-state index contributed by atoms with van der Waals surface area (Å²) in [7, 11) is 0. The molecule has 0 aliphatic carbocycles. The average Bonchev–Trinajstić information content (AvgIpc) is 2.44. The van der Waals surface area contributed by atoms with Crippen molar-refractivity contribution in [2.75, 3.05) is 17.2 Å². The van der Waals surface area contributed by atoms with Gasteiger partial charge in [0.05, 0.1) is 12.2 Å². The van der Waals surface area contributed by atoms with Gasteiger partial charge in [-0.05, 0) is 37.1 Å². The van der Waals surface area contributed by atoms with Crippen molar-refractivity contribution in [3.05, 3.63) is 59.2 Å². The van der Waals surface area contributed by atoms with Crippen LogP contribution in [0.3, 0.4) is 0 Å². The second-order valence-electron chi connectivity index (χ2n) is 4.80. The number of nitrogens with one attached hydrogen (secondary N) is 2. The number of carbonyl (C=O) groups excluding carboxylic acids is 1. The van der Waals surface area contributed by atoms with E-state index in [1.54, 1.807) is 6.07 Å². The molecule has 1 amide bonds. The molecule has 0 atom stereocenters. The molecule has 0 saturated carbocycles. The molecule has 2 aromatic rings. The van der Waals surface area contributed by atoms with Gasteiger partial charge in [-0.2, -0.15) is 0 Å². The van der Waals surface area contributed by atoms with Crippen LogP contribution >= 0.6 is 0 Å². The summed E-state index contributed by atoms with van der Waals surface area (Å²) in [5.74, 6) is -1.43. The molecule has 2 aromatic carbocycles. The summed E-state index contributed by atoms with van der Waals surface area (Å²) in [6.45, 7) is 3.21. The van der Waals surface area contributed by atoms with Crippen LogP contribution < -0.4 is 10.6 Å². The van der Waals surface area contributed by atoms with Gasteiger partial charge in [-0.1, -0.05) is 18.2 Å². The van der Waals surface area contributed by atoms with Gasteiger partial charge in [0, 0.05) is 11.8 Å². The number of halogens is 2. The summed E-state index contributed by atoms with van der Waals surface area (Å²) in [5, 5.41) is 5.30. The minimum atomic E-state index is -0.586. The molecular weight excluding hydrogens is 274 g/mol. The number of hydrogen-bond donors (Lipinski definition) is 2. The highest BCUT2D eigenvalue weighted by molar-refractivity contribution is 5.94. The highest BCUT2D eigenvalue weighted by Crippen LogP contribution is 2.19. The quantitative estimate of drug-likeness (QED) is 0.902. The number of aryl methyl sites for hydroxylation is 2. The van der Waals surface area contributed by atoms with Crippen molar-refractivity contribution in [1.29, 1.82) is 0 Å². The van der Waals surface area contributed by atoms with E-state index < -0.39 is 11.6 Å². The smallest absolute Gasteiger partial charge is 0.243 e. The molecule has 0 fully saturated rings. The lowest BCUT2D eigenvalue weighted by molar-refractivity contribution is -0.114. The molecule has 21 heavy (non-hydrogen) atoms. The first kappa shape index (κ1) is 15.0. The normalized spacial score (nSPS) is 10.3. The van der Waals surface area contributed by atoms with Gasteiger partial charge in [0.25, 0.3) is 0 Å². The third kappa shape index (κ3) is 3.78. The predicted octanol–water partition coefficient (Wildman–Crippen LogP) is 3.63. The Bertz CT molecular complexity index is 671. The number of para-hydroxylation sites is 1. The number of benzene rings is 2. The maximum absolute atomic E-state index is 13.6. The fraction of sp³-hybridized carbons (Fsp3) is 0.188. The van der Waals surface area contributed by atoms with Crippen LogP contribution in [0.1, 0.15) is 11.1 Å². The Morgan fingerprint density at radius 3 is 2.43 bits per heavy atom. The van der Waals surface area contributed by atoms with Crippen molar-refractivity contribution in [1.82, 2.24) is 0 Å². The van der Waals surface area contributed by atoms with Gasteiger partial charge in [0.2, 0.25) is 5.91 Å². The number of carbonyl (C=O) groups is 1. The van der Waals surface area contributed by atoms with E-state index in [-0.39, 0.29) is 23.7 Å². The SMILES string of the molecule is Cc1cc(F)c(NCC(=O)Nc2ccccc2C)cc1F. The van der Waals surface area contributed by atoms with E-state index in [4.69, 9.17) is 0 Å². The maximum atomic E-state index is 13.6. The summed E-state index contributed by atoms with van der Waals surface area (Å²) >= 11 is 0. The summed E-state index contributed by atoms with van der Waals surface area (Å²) < 4.78 is 27.0. The molecule has 0 bridgehead atoms. The van der Waals surface area contributed by atoms with E-state index in [0.29, 0.717) is 5.69 Å². The van der Waals surface area contributed by atoms with Crippen molar-refractivity contribution in [3.63, 3.8) is 0 Å². The topological polar surface area (TPSA) is 41.1 Å². The van der Waals surface area contributed by atoms with Crippen LogP contribution in [0, 0.1) is 25.5 Å². The molecule has 0 unspecified atom stereocenters. The predicted molar refractivity (Wildman–Crippen MR) is 79.4 cm³/mol. The Balaban J connectivity index is 1.99. The van der Waals surface area contributed by atoms with Crippen molar-refractivity contribution in [2.45, 2.75) is 13.8 Å². The van der Waals surface area contributed by atoms with Crippen molar-refractivity contribution in [2.24, 2.45) is 0 Å². The molecular formula is C16H16F2N2O. The lowest BCUT2D eigenvalue weighted by Crippen LogP contribution is -2.22. The first-order valence-electron chi connectivity index (χ1n) is 6.52. The molecule has 0 radical (unpaired) electrons. The molecule has 110 valence electrons. The minimum Gasteiger partial charge on any atom is -0.374 e. The zero-order valence-corrected chi connectivity index (χ0v) is 11.8. The van der Waals surface area contributed by atoms with Crippen molar-refractivity contribution >= 4 is 17.3 Å². The summed E-state index contributed by atoms with van der Waals surface area (Å²) in [4.78, 5) is 11.8. The Morgan fingerprint density at radius 1 is 1.00 bits per heavy atom. The van der Waals surface area contributed by atoms with Gasteiger partial charge < -0.3 is 10.6 Å². The minimum absolute atomic E-state index is 0.0296. The molecule has 0 aliphatic heterocycles. The highest BCUT2D eigenvalue weighted by atomic mass is 19.1. The van der Waals surface area contributed by atoms with Gasteiger partial charge in [0.1, 0.15) is 11.6 Å². The summed E-state index contributed by atoms with van der Waals surface area (Å²) in [6.07, 6.45) is 0. The number of anilines is 2. The van der Waals surface area contributed by atoms with E-state index in [0.717, 1.165) is 17.7 Å². The van der Waals surface area contributed by atoms with E-state index in [2.05, 4.69) is 10.6 Å². The van der Waals surface area contributed by atoms with Gasteiger partial charge in [-0.3, -0.25) is 4.79 Å². The van der Waals surface area contributed by atoms with Crippen LogP contribution in [0.25, 0.3) is 0 Å². The maximum Gasteiger partial charge on any atom is 0.243 e. The van der Waals surface area contributed by atoms with Gasteiger partial charge in [-0.25, -0.2) is 8.78 Å². The third-order valence-corrected chi connectivity index (χ3v) is 3.11. The molecule has 3 nitrogen and oxygen atoms in total. The summed E-state index contributed by atoms with van der Waals surface area (Å²) in [6, 6.07) is 9.47. The van der Waals surface area contributed by atoms with E-state index in [1.165, 1.54) is 6.92 Å². The van der Waals surface area contributed by atoms with Gasteiger partial charge in [0.15, 0.2) is 0 Å². The van der Waals surface area contributed by atoms with Crippen LogP contribution in [0.4, 0.5) is 20.2 Å². The van der Waals surface area contributed by atoms with Crippen LogP contribution in [0.2, 0.25) is 0 Å². The molecule has 0 spiro atoms. The second-order valence-corrected chi connectivity index (χ2v) is 4.80. The second kappa shape index (κ2) is 6.35. The fourth-order valence-electron chi connectivity index (χ4n) is 1.86. The Labute approximate surface area is 122 Å². The molecule has 2 N–H and O–H groups in total. The summed E-state index contributed by atoms with van der Waals surface area (Å²) in [5.41, 5.74) is 1.82. The van der Waals surface area contributed by atoms with Crippen molar-refractivity contribution in [3.8, 4) is 0 Å². The molecule has 2 rings (SSSR count). The number of rotatable bonds is 4. The zero-order chi connectivity index (χ0) is 15.4. The zero-order valence-electron chi connectivity index (χ0n) is 11.8. The highest BCUT2D eigenvalue weighted by Gasteiger charge is 2.09.